The van der Waals surface area contributed by atoms with Gasteiger partial charge in [-0.15, -0.1) is 0 Å². The third-order valence-electron chi connectivity index (χ3n) is 6.92. The zero-order chi connectivity index (χ0) is 15.2. The van der Waals surface area contributed by atoms with Crippen LogP contribution < -0.4 is 0 Å². The molecule has 0 aromatic heterocycles. The summed E-state index contributed by atoms with van der Waals surface area (Å²) >= 11 is 0. The number of hydrogen-bond acceptors (Lipinski definition) is 0. The fraction of sp³-hybridized carbons (Fsp3) is 0.619. The molecule has 0 aliphatic heterocycles. The number of rotatable bonds is 1. The van der Waals surface area contributed by atoms with Crippen LogP contribution in [0.5, 0.6) is 0 Å². The van der Waals surface area contributed by atoms with E-state index in [-0.39, 0.29) is 0 Å². The largest absolute Gasteiger partial charge is 0.0882 e. The fourth-order valence-corrected chi connectivity index (χ4v) is 5.08. The molecule has 21 heavy (non-hydrogen) atoms. The van der Waals surface area contributed by atoms with Gasteiger partial charge in [0, 0.05) is 0 Å². The molecule has 0 nitrogen and oxygen atoms in total. The van der Waals surface area contributed by atoms with Crippen molar-refractivity contribution in [1.29, 1.82) is 0 Å². The number of aryl methyl sites for hydroxylation is 2. The molecule has 0 bridgehead atoms. The van der Waals surface area contributed by atoms with E-state index >= 15 is 0 Å². The van der Waals surface area contributed by atoms with Crippen molar-refractivity contribution in [2.24, 2.45) is 17.3 Å². The smallest absolute Gasteiger partial charge is 0.00906 e. The standard InChI is InChI=1S/C21H30/c1-6-15(3)21(5)12-11-20-18(16(21)4)10-8-17-13-14(2)7-9-19(17)20/h6-7,9,13,16,18,20H,8,10-12H2,1-5H3/b15-6-. The van der Waals surface area contributed by atoms with Crippen LogP contribution in [0.3, 0.4) is 0 Å². The Bertz CT molecular complexity index is 565. The van der Waals surface area contributed by atoms with Gasteiger partial charge in [0.1, 0.15) is 0 Å². The van der Waals surface area contributed by atoms with Gasteiger partial charge in [0.25, 0.3) is 0 Å². The zero-order valence-corrected chi connectivity index (χ0v) is 14.4. The van der Waals surface area contributed by atoms with Gasteiger partial charge >= 0.3 is 0 Å². The maximum absolute atomic E-state index is 2.52. The summed E-state index contributed by atoms with van der Waals surface area (Å²) in [6.07, 6.45) is 7.73. The molecule has 0 saturated heterocycles. The number of benzene rings is 1. The highest BCUT2D eigenvalue weighted by Gasteiger charge is 2.46. The van der Waals surface area contributed by atoms with E-state index in [9.17, 15) is 0 Å². The first-order valence-corrected chi connectivity index (χ1v) is 8.70. The molecule has 1 fully saturated rings. The second-order valence-corrected chi connectivity index (χ2v) is 7.73. The van der Waals surface area contributed by atoms with Crippen LogP contribution in [0.25, 0.3) is 0 Å². The number of hydrogen-bond donors (Lipinski definition) is 0. The number of fused-ring (bicyclic) bond motifs is 3. The molecule has 2 aliphatic carbocycles. The quantitative estimate of drug-likeness (QED) is 0.550. The summed E-state index contributed by atoms with van der Waals surface area (Å²) in [7, 11) is 0. The van der Waals surface area contributed by atoms with Crippen LogP contribution in [0.1, 0.15) is 69.6 Å². The monoisotopic (exact) mass is 282 g/mol. The Balaban J connectivity index is 1.95. The molecule has 2 aliphatic rings. The van der Waals surface area contributed by atoms with Gasteiger partial charge in [-0.05, 0) is 80.8 Å². The maximum Gasteiger partial charge on any atom is -0.00906 e. The van der Waals surface area contributed by atoms with E-state index < -0.39 is 0 Å². The minimum atomic E-state index is 0.415. The Labute approximate surface area is 130 Å². The predicted molar refractivity (Wildman–Crippen MR) is 91.7 cm³/mol. The van der Waals surface area contributed by atoms with Crippen LogP contribution in [0, 0.1) is 24.2 Å². The van der Waals surface area contributed by atoms with Crippen molar-refractivity contribution in [1.82, 2.24) is 0 Å². The summed E-state index contributed by atoms with van der Waals surface area (Å²) in [5.74, 6) is 2.47. The van der Waals surface area contributed by atoms with E-state index in [2.05, 4.69) is 58.9 Å². The molecule has 1 saturated carbocycles. The van der Waals surface area contributed by atoms with Crippen molar-refractivity contribution in [3.63, 3.8) is 0 Å². The molecule has 0 N–H and O–H groups in total. The molecule has 3 rings (SSSR count). The Kier molecular flexibility index (Phi) is 3.76. The topological polar surface area (TPSA) is 0 Å². The van der Waals surface area contributed by atoms with Gasteiger partial charge in [-0.1, -0.05) is 49.3 Å². The van der Waals surface area contributed by atoms with Gasteiger partial charge in [0.2, 0.25) is 0 Å². The maximum atomic E-state index is 2.52. The van der Waals surface area contributed by atoms with Gasteiger partial charge in [0.15, 0.2) is 0 Å². The van der Waals surface area contributed by atoms with Gasteiger partial charge in [-0.2, -0.15) is 0 Å². The molecule has 0 spiro atoms. The van der Waals surface area contributed by atoms with E-state index in [1.807, 2.05) is 0 Å². The van der Waals surface area contributed by atoms with Crippen molar-refractivity contribution >= 4 is 0 Å². The van der Waals surface area contributed by atoms with Gasteiger partial charge in [-0.25, -0.2) is 0 Å². The highest BCUT2D eigenvalue weighted by atomic mass is 14.5. The second-order valence-electron chi connectivity index (χ2n) is 7.73. The number of allylic oxidation sites excluding steroid dienone is 2. The lowest BCUT2D eigenvalue weighted by molar-refractivity contribution is 0.0735. The SMILES string of the molecule is C/C=C(/C)C1(C)CCC2c3ccc(C)cc3CCC2C1C. The lowest BCUT2D eigenvalue weighted by atomic mass is 9.53. The minimum Gasteiger partial charge on any atom is -0.0882 e. The van der Waals surface area contributed by atoms with E-state index in [0.717, 1.165) is 17.8 Å². The van der Waals surface area contributed by atoms with E-state index in [1.54, 1.807) is 16.7 Å². The third kappa shape index (κ3) is 2.28. The first kappa shape index (κ1) is 14.9. The molecular weight excluding hydrogens is 252 g/mol. The highest BCUT2D eigenvalue weighted by molar-refractivity contribution is 5.38. The zero-order valence-electron chi connectivity index (χ0n) is 14.4. The van der Waals surface area contributed by atoms with E-state index in [0.29, 0.717) is 5.41 Å². The Hall–Kier alpha value is -1.04. The molecule has 1 aromatic carbocycles. The van der Waals surface area contributed by atoms with Gasteiger partial charge < -0.3 is 0 Å². The molecule has 114 valence electrons. The first-order valence-electron chi connectivity index (χ1n) is 8.70. The average molecular weight is 282 g/mol. The molecule has 0 heterocycles. The van der Waals surface area contributed by atoms with Gasteiger partial charge in [-0.3, -0.25) is 0 Å². The summed E-state index contributed by atoms with van der Waals surface area (Å²) in [5, 5.41) is 0. The second kappa shape index (κ2) is 5.30. The lowest BCUT2D eigenvalue weighted by Crippen LogP contribution is -2.41. The molecule has 0 amide bonds. The Morgan fingerprint density at radius 1 is 1.29 bits per heavy atom. The van der Waals surface area contributed by atoms with Crippen LogP contribution in [0.4, 0.5) is 0 Å². The minimum absolute atomic E-state index is 0.415. The summed E-state index contributed by atoms with van der Waals surface area (Å²) in [6.45, 7) is 11.8. The van der Waals surface area contributed by atoms with Crippen LogP contribution >= 0.6 is 0 Å². The van der Waals surface area contributed by atoms with Crippen molar-refractivity contribution < 1.29 is 0 Å². The van der Waals surface area contributed by atoms with E-state index in [4.69, 9.17) is 0 Å². The Morgan fingerprint density at radius 2 is 2.05 bits per heavy atom. The fourth-order valence-electron chi connectivity index (χ4n) is 5.08. The van der Waals surface area contributed by atoms with Crippen LogP contribution in [0.2, 0.25) is 0 Å². The van der Waals surface area contributed by atoms with E-state index in [1.165, 1.54) is 31.2 Å². The van der Waals surface area contributed by atoms with Crippen molar-refractivity contribution in [3.8, 4) is 0 Å². The molecule has 4 atom stereocenters. The average Bonchev–Trinajstić information content (AvgIpc) is 2.49. The van der Waals surface area contributed by atoms with Crippen LogP contribution in [-0.4, -0.2) is 0 Å². The van der Waals surface area contributed by atoms with Gasteiger partial charge in [0.05, 0.1) is 0 Å². The normalized spacial score (nSPS) is 36.0. The summed E-state index contributed by atoms with van der Waals surface area (Å²) in [4.78, 5) is 0. The molecular formula is C21H30. The lowest BCUT2D eigenvalue weighted by Gasteiger charge is -2.51. The molecule has 0 radical (unpaired) electrons. The predicted octanol–water partition coefficient (Wildman–Crippen LogP) is 6.04. The molecule has 4 unspecified atom stereocenters. The summed E-state index contributed by atoms with van der Waals surface area (Å²) < 4.78 is 0. The first-order chi connectivity index (χ1) is 9.97. The molecule has 1 aromatic rings. The van der Waals surface area contributed by atoms with Crippen LogP contribution in [0.15, 0.2) is 29.8 Å². The summed E-state index contributed by atoms with van der Waals surface area (Å²) in [5.41, 5.74) is 6.74. The van der Waals surface area contributed by atoms with Crippen molar-refractivity contribution in [2.75, 3.05) is 0 Å². The Morgan fingerprint density at radius 3 is 2.76 bits per heavy atom. The van der Waals surface area contributed by atoms with Crippen LogP contribution in [-0.2, 0) is 6.42 Å². The summed E-state index contributed by atoms with van der Waals surface area (Å²) in [6, 6.07) is 7.18. The van der Waals surface area contributed by atoms with Crippen molar-refractivity contribution in [3.05, 3.63) is 46.5 Å². The van der Waals surface area contributed by atoms with Crippen molar-refractivity contribution in [2.45, 2.75) is 66.2 Å². The molecule has 0 heteroatoms. The third-order valence-corrected chi connectivity index (χ3v) is 6.92. The highest BCUT2D eigenvalue weighted by Crippen LogP contribution is 2.56.